The van der Waals surface area contributed by atoms with Crippen molar-refractivity contribution in [3.8, 4) is 23.0 Å². The van der Waals surface area contributed by atoms with Gasteiger partial charge in [0.05, 0.1) is 38.7 Å². The van der Waals surface area contributed by atoms with Gasteiger partial charge in [0.15, 0.2) is 28.6 Å². The summed E-state index contributed by atoms with van der Waals surface area (Å²) < 4.78 is 33.1. The molecule has 0 spiro atoms. The Labute approximate surface area is 208 Å². The number of fused-ring (bicyclic) bond motifs is 5. The van der Waals surface area contributed by atoms with Crippen molar-refractivity contribution in [2.75, 3.05) is 40.8 Å². The molecular weight excluding hydrogens is 466 g/mol. The van der Waals surface area contributed by atoms with Gasteiger partial charge in [-0.15, -0.1) is 0 Å². The summed E-state index contributed by atoms with van der Waals surface area (Å²) >= 11 is 0. The second kappa shape index (κ2) is 9.49. The maximum atomic E-state index is 13.3. The number of nitrogens with zero attached hydrogens (tertiary/aromatic N) is 1. The lowest BCUT2D eigenvalue weighted by molar-refractivity contribution is -0.146. The summed E-state index contributed by atoms with van der Waals surface area (Å²) in [5.41, 5.74) is 4.30. The maximum Gasteiger partial charge on any atom is 0.347 e. The van der Waals surface area contributed by atoms with E-state index < -0.39 is 11.9 Å². The third kappa shape index (κ3) is 3.71. The van der Waals surface area contributed by atoms with Crippen molar-refractivity contribution in [2.24, 2.45) is 0 Å². The second-order valence-electron chi connectivity index (χ2n) is 8.22. The Morgan fingerprint density at radius 3 is 2.31 bits per heavy atom. The van der Waals surface area contributed by atoms with Crippen LogP contribution in [0.5, 0.6) is 23.0 Å². The molecule has 0 atom stereocenters. The Morgan fingerprint density at radius 2 is 1.67 bits per heavy atom. The zero-order valence-corrected chi connectivity index (χ0v) is 20.6. The van der Waals surface area contributed by atoms with Crippen molar-refractivity contribution < 1.29 is 38.0 Å². The Kier molecular flexibility index (Phi) is 6.22. The first-order valence-corrected chi connectivity index (χ1v) is 11.8. The predicted octanol–water partition coefficient (Wildman–Crippen LogP) is 3.64. The van der Waals surface area contributed by atoms with Crippen LogP contribution in [0.15, 0.2) is 29.8 Å². The lowest BCUT2D eigenvalue weighted by Crippen LogP contribution is -2.34. The normalized spacial score (nSPS) is 14.7. The van der Waals surface area contributed by atoms with Crippen LogP contribution in [-0.2, 0) is 25.5 Å². The summed E-state index contributed by atoms with van der Waals surface area (Å²) in [5, 5.41) is 0. The number of rotatable bonds is 6. The van der Waals surface area contributed by atoms with Crippen LogP contribution < -0.4 is 18.9 Å². The first-order valence-electron chi connectivity index (χ1n) is 11.8. The summed E-state index contributed by atoms with van der Waals surface area (Å²) in [6.07, 6.45) is 2.66. The maximum absolute atomic E-state index is 13.3. The van der Waals surface area contributed by atoms with Crippen LogP contribution >= 0.6 is 0 Å². The van der Waals surface area contributed by atoms with E-state index in [1.165, 1.54) is 14.2 Å². The largest absolute Gasteiger partial charge is 0.493 e. The summed E-state index contributed by atoms with van der Waals surface area (Å²) in [5.74, 6) is 0.705. The van der Waals surface area contributed by atoms with E-state index in [0.717, 1.165) is 22.4 Å². The van der Waals surface area contributed by atoms with Crippen molar-refractivity contribution in [3.05, 3.63) is 52.1 Å². The van der Waals surface area contributed by atoms with E-state index in [1.54, 1.807) is 19.9 Å². The highest BCUT2D eigenvalue weighted by Crippen LogP contribution is 2.50. The molecule has 0 saturated heterocycles. The van der Waals surface area contributed by atoms with E-state index in [1.807, 2.05) is 29.2 Å². The molecule has 9 heteroatoms. The topological polar surface area (TPSA) is 92.8 Å². The Morgan fingerprint density at radius 1 is 0.972 bits per heavy atom. The average Bonchev–Trinajstić information content (AvgIpc) is 3.34. The molecule has 2 aromatic rings. The second-order valence-corrected chi connectivity index (χ2v) is 8.22. The summed E-state index contributed by atoms with van der Waals surface area (Å²) in [7, 11) is 3.06. The van der Waals surface area contributed by atoms with Crippen LogP contribution in [0.4, 0.5) is 0 Å². The molecule has 0 radical (unpaired) electrons. The molecule has 0 N–H and O–H groups in total. The molecular formula is C27H27NO8. The van der Waals surface area contributed by atoms with Crippen LogP contribution in [0.1, 0.15) is 36.1 Å². The van der Waals surface area contributed by atoms with Crippen LogP contribution in [0.25, 0.3) is 17.5 Å². The van der Waals surface area contributed by atoms with Gasteiger partial charge in [-0.25, -0.2) is 9.59 Å². The molecule has 2 aromatic carbocycles. The van der Waals surface area contributed by atoms with Gasteiger partial charge in [0.25, 0.3) is 0 Å². The molecule has 0 amide bonds. The molecule has 3 aliphatic heterocycles. The fourth-order valence-electron chi connectivity index (χ4n) is 4.85. The highest BCUT2D eigenvalue weighted by Gasteiger charge is 2.39. The lowest BCUT2D eigenvalue weighted by atomic mass is 9.86. The third-order valence-electron chi connectivity index (χ3n) is 6.34. The first kappa shape index (κ1) is 23.6. The number of methoxy groups -OCH3 is 2. The monoisotopic (exact) mass is 493 g/mol. The molecule has 0 fully saturated rings. The molecule has 0 aliphatic carbocycles. The van der Waals surface area contributed by atoms with Gasteiger partial charge in [0, 0.05) is 17.8 Å². The van der Waals surface area contributed by atoms with E-state index in [2.05, 4.69) is 0 Å². The van der Waals surface area contributed by atoms with E-state index in [0.29, 0.717) is 47.2 Å². The molecule has 188 valence electrons. The van der Waals surface area contributed by atoms with Crippen molar-refractivity contribution >= 4 is 29.4 Å². The predicted molar refractivity (Wildman–Crippen MR) is 131 cm³/mol. The molecule has 5 rings (SSSR count). The van der Waals surface area contributed by atoms with Crippen LogP contribution in [0.3, 0.4) is 0 Å². The Bertz CT molecular complexity index is 1290. The fraction of sp³-hybridized carbons (Fsp3) is 0.333. The van der Waals surface area contributed by atoms with E-state index in [4.69, 9.17) is 28.4 Å². The molecule has 0 unspecified atom stereocenters. The zero-order chi connectivity index (χ0) is 25.4. The number of carbonyl (C=O) groups excluding carboxylic acids is 2. The van der Waals surface area contributed by atoms with Gasteiger partial charge < -0.3 is 33.3 Å². The van der Waals surface area contributed by atoms with E-state index in [-0.39, 0.29) is 25.6 Å². The SMILES string of the molecule is CCOC(=O)C(C(=O)OCC)=C1c2c(ccc(OC)c2OC)C=C2c3cc4c(cc3CCN21)OCO4. The number of ether oxygens (including phenoxy) is 6. The molecule has 3 aliphatic rings. The van der Waals surface area contributed by atoms with Gasteiger partial charge in [-0.3, -0.25) is 0 Å². The fourth-order valence-corrected chi connectivity index (χ4v) is 4.85. The molecule has 0 saturated carbocycles. The highest BCUT2D eigenvalue weighted by molar-refractivity contribution is 6.21. The zero-order valence-electron chi connectivity index (χ0n) is 20.6. The summed E-state index contributed by atoms with van der Waals surface area (Å²) in [4.78, 5) is 28.5. The van der Waals surface area contributed by atoms with Crippen molar-refractivity contribution in [1.29, 1.82) is 0 Å². The molecule has 0 aromatic heterocycles. The molecule has 3 heterocycles. The Balaban J connectivity index is 1.83. The number of esters is 2. The number of carbonyl (C=O) groups is 2. The first-order chi connectivity index (χ1) is 17.5. The van der Waals surface area contributed by atoms with Gasteiger partial charge >= 0.3 is 11.9 Å². The molecule has 9 nitrogen and oxygen atoms in total. The van der Waals surface area contributed by atoms with Crippen molar-refractivity contribution in [1.82, 2.24) is 4.90 Å². The van der Waals surface area contributed by atoms with Gasteiger partial charge in [-0.1, -0.05) is 6.07 Å². The van der Waals surface area contributed by atoms with Crippen LogP contribution in [-0.4, -0.2) is 57.6 Å². The highest BCUT2D eigenvalue weighted by atomic mass is 16.7. The number of hydrogen-bond acceptors (Lipinski definition) is 9. The van der Waals surface area contributed by atoms with E-state index >= 15 is 0 Å². The van der Waals surface area contributed by atoms with Crippen LogP contribution in [0.2, 0.25) is 0 Å². The van der Waals surface area contributed by atoms with Gasteiger partial charge in [0.1, 0.15) is 0 Å². The van der Waals surface area contributed by atoms with Crippen LogP contribution in [0, 0.1) is 0 Å². The van der Waals surface area contributed by atoms with Crippen molar-refractivity contribution in [2.45, 2.75) is 20.3 Å². The van der Waals surface area contributed by atoms with Crippen molar-refractivity contribution in [3.63, 3.8) is 0 Å². The quantitative estimate of drug-likeness (QED) is 0.259. The average molecular weight is 494 g/mol. The minimum absolute atomic E-state index is 0.103. The smallest absolute Gasteiger partial charge is 0.347 e. The molecule has 0 bridgehead atoms. The third-order valence-corrected chi connectivity index (χ3v) is 6.34. The minimum Gasteiger partial charge on any atom is -0.493 e. The Hall–Kier alpha value is -4.14. The van der Waals surface area contributed by atoms with Gasteiger partial charge in [-0.05, 0) is 55.7 Å². The minimum atomic E-state index is -0.764. The lowest BCUT2D eigenvalue weighted by Gasteiger charge is -2.39. The van der Waals surface area contributed by atoms with Gasteiger partial charge in [0.2, 0.25) is 6.79 Å². The number of hydrogen-bond donors (Lipinski definition) is 0. The number of benzene rings is 2. The van der Waals surface area contributed by atoms with Gasteiger partial charge in [-0.2, -0.15) is 0 Å². The standard InChI is InChI=1S/C27H27NO8/c1-5-33-26(29)23(27(30)34-6-2)24-22-16(7-8-19(31-3)25(22)32-4)11-18-17-13-21-20(35-14-36-21)12-15(17)9-10-28(18)24/h7-8,11-13H,5-6,9-10,14H2,1-4H3. The summed E-state index contributed by atoms with van der Waals surface area (Å²) in [6, 6.07) is 7.59. The molecule has 36 heavy (non-hydrogen) atoms. The van der Waals surface area contributed by atoms with E-state index in [9.17, 15) is 9.59 Å². The summed E-state index contributed by atoms with van der Waals surface area (Å²) in [6.45, 7) is 4.25.